The van der Waals surface area contributed by atoms with E-state index in [9.17, 15) is 22.4 Å². The molecule has 1 aromatic carbocycles. The van der Waals surface area contributed by atoms with Gasteiger partial charge in [-0.05, 0) is 63.4 Å². The summed E-state index contributed by atoms with van der Waals surface area (Å²) in [6.07, 6.45) is -2.56. The lowest BCUT2D eigenvalue weighted by molar-refractivity contribution is -0.140. The maximum absolute atomic E-state index is 13.8. The van der Waals surface area contributed by atoms with E-state index < -0.39 is 34.7 Å². The Bertz CT molecular complexity index is 733. The van der Waals surface area contributed by atoms with Crippen LogP contribution in [-0.4, -0.2) is 36.2 Å². The first-order chi connectivity index (χ1) is 12.6. The van der Waals surface area contributed by atoms with Crippen molar-refractivity contribution < 1.29 is 27.1 Å². The molecule has 1 unspecified atom stereocenters. The van der Waals surface area contributed by atoms with Gasteiger partial charge in [-0.1, -0.05) is 13.0 Å². The van der Waals surface area contributed by atoms with Crippen LogP contribution in [0.2, 0.25) is 0 Å². The SMILES string of the molecule is CC[C@@](OC(N)=O)(C1CCCN1C)C1(c2ccc(F)c(C(F)(F)F)c2)CC1. The second-order valence-corrected chi connectivity index (χ2v) is 7.58. The third kappa shape index (κ3) is 3.17. The molecule has 1 saturated heterocycles. The first kappa shape index (κ1) is 19.9. The van der Waals surface area contributed by atoms with Gasteiger partial charge in [-0.3, -0.25) is 4.90 Å². The van der Waals surface area contributed by atoms with Crippen LogP contribution in [0, 0.1) is 5.82 Å². The molecule has 1 heterocycles. The van der Waals surface area contributed by atoms with Crippen molar-refractivity contribution in [2.24, 2.45) is 5.73 Å². The molecule has 0 aromatic heterocycles. The molecule has 3 rings (SSSR count). The Morgan fingerprint density at radius 3 is 2.48 bits per heavy atom. The van der Waals surface area contributed by atoms with E-state index >= 15 is 0 Å². The average Bonchev–Trinajstić information content (AvgIpc) is 3.28. The highest BCUT2D eigenvalue weighted by Crippen LogP contribution is 2.61. The van der Waals surface area contributed by atoms with Crippen LogP contribution >= 0.6 is 0 Å². The number of rotatable bonds is 5. The van der Waals surface area contributed by atoms with Crippen molar-refractivity contribution in [2.45, 2.75) is 62.3 Å². The minimum Gasteiger partial charge on any atom is -0.440 e. The predicted octanol–water partition coefficient (Wildman–Crippen LogP) is 4.21. The molecule has 1 amide bonds. The van der Waals surface area contributed by atoms with Crippen molar-refractivity contribution in [3.8, 4) is 0 Å². The molecule has 1 aromatic rings. The van der Waals surface area contributed by atoms with Crippen molar-refractivity contribution in [1.82, 2.24) is 4.90 Å². The molecule has 2 atom stereocenters. The smallest absolute Gasteiger partial charge is 0.419 e. The Balaban J connectivity index is 2.13. The van der Waals surface area contributed by atoms with E-state index in [-0.39, 0.29) is 6.04 Å². The number of likely N-dealkylation sites (N-methyl/N-ethyl adjacent to an activating group) is 1. The molecule has 2 aliphatic rings. The van der Waals surface area contributed by atoms with E-state index in [0.717, 1.165) is 31.5 Å². The van der Waals surface area contributed by atoms with Crippen molar-refractivity contribution in [1.29, 1.82) is 0 Å². The second-order valence-electron chi connectivity index (χ2n) is 7.58. The minimum absolute atomic E-state index is 0.156. The van der Waals surface area contributed by atoms with E-state index in [1.54, 1.807) is 0 Å². The molecule has 0 bridgehead atoms. The van der Waals surface area contributed by atoms with Crippen molar-refractivity contribution in [2.75, 3.05) is 13.6 Å². The van der Waals surface area contributed by atoms with Crippen LogP contribution in [0.5, 0.6) is 0 Å². The van der Waals surface area contributed by atoms with Gasteiger partial charge >= 0.3 is 12.3 Å². The van der Waals surface area contributed by atoms with Crippen LogP contribution in [0.4, 0.5) is 22.4 Å². The molecular weight excluding hydrogens is 364 g/mol. The van der Waals surface area contributed by atoms with Crippen LogP contribution in [-0.2, 0) is 16.3 Å². The third-order valence-electron chi connectivity index (χ3n) is 6.25. The van der Waals surface area contributed by atoms with Gasteiger partial charge in [0.1, 0.15) is 11.4 Å². The van der Waals surface area contributed by atoms with Gasteiger partial charge in [0.2, 0.25) is 0 Å². The first-order valence-corrected chi connectivity index (χ1v) is 9.13. The predicted molar refractivity (Wildman–Crippen MR) is 91.7 cm³/mol. The summed E-state index contributed by atoms with van der Waals surface area (Å²) in [5.41, 5.74) is 2.58. The molecule has 27 heavy (non-hydrogen) atoms. The fraction of sp³-hybridized carbons (Fsp3) is 0.632. The van der Waals surface area contributed by atoms with E-state index in [1.165, 1.54) is 6.07 Å². The second kappa shape index (κ2) is 6.65. The van der Waals surface area contributed by atoms with Crippen LogP contribution in [0.25, 0.3) is 0 Å². The van der Waals surface area contributed by atoms with Gasteiger partial charge in [-0.15, -0.1) is 0 Å². The number of alkyl halides is 3. The number of amides is 1. The summed E-state index contributed by atoms with van der Waals surface area (Å²) in [5, 5.41) is 0. The molecule has 2 N–H and O–H groups in total. The highest BCUT2D eigenvalue weighted by molar-refractivity contribution is 5.66. The van der Waals surface area contributed by atoms with E-state index in [2.05, 4.69) is 4.90 Å². The van der Waals surface area contributed by atoms with Gasteiger partial charge < -0.3 is 10.5 Å². The molecule has 1 aliphatic heterocycles. The summed E-state index contributed by atoms with van der Waals surface area (Å²) in [6.45, 7) is 2.66. The van der Waals surface area contributed by atoms with Gasteiger partial charge in [0.25, 0.3) is 0 Å². The summed E-state index contributed by atoms with van der Waals surface area (Å²) in [4.78, 5) is 13.8. The summed E-state index contributed by atoms with van der Waals surface area (Å²) >= 11 is 0. The average molecular weight is 388 g/mol. The van der Waals surface area contributed by atoms with Gasteiger partial charge in [-0.2, -0.15) is 13.2 Å². The monoisotopic (exact) mass is 388 g/mol. The summed E-state index contributed by atoms with van der Waals surface area (Å²) in [6, 6.07) is 2.94. The number of carbonyl (C=O) groups excluding carboxylic acids is 1. The normalized spacial score (nSPS) is 24.4. The quantitative estimate of drug-likeness (QED) is 0.769. The Kier molecular flexibility index (Phi) is 4.91. The fourth-order valence-corrected chi connectivity index (χ4v) is 4.93. The lowest BCUT2D eigenvalue weighted by atomic mass is 9.71. The Hall–Kier alpha value is -1.83. The highest BCUT2D eigenvalue weighted by atomic mass is 19.4. The molecular formula is C19H24F4N2O2. The number of likely N-dealkylation sites (tertiary alicyclic amines) is 1. The number of hydrogen-bond acceptors (Lipinski definition) is 3. The molecule has 1 aliphatic carbocycles. The number of nitrogens with zero attached hydrogens (tertiary/aromatic N) is 1. The molecule has 4 nitrogen and oxygen atoms in total. The van der Waals surface area contributed by atoms with Crippen molar-refractivity contribution >= 4 is 6.09 Å². The van der Waals surface area contributed by atoms with Crippen molar-refractivity contribution in [3.63, 3.8) is 0 Å². The molecule has 0 spiro atoms. The van der Waals surface area contributed by atoms with E-state index in [1.807, 2.05) is 14.0 Å². The topological polar surface area (TPSA) is 55.6 Å². The standard InChI is InChI=1S/C19H24F4N2O2/c1-3-18(27-16(24)26,15-5-4-10-25(15)2)17(8-9-17)12-6-7-14(20)13(11-12)19(21,22)23/h6-7,11,15H,3-5,8-10H2,1-2H3,(H2,24,26)/t15?,18-/m1/s1. The van der Waals surface area contributed by atoms with Crippen LogP contribution in [0.1, 0.15) is 50.2 Å². The molecule has 0 radical (unpaired) electrons. The number of carbonyl (C=O) groups is 1. The lowest BCUT2D eigenvalue weighted by Crippen LogP contribution is -2.59. The van der Waals surface area contributed by atoms with Crippen LogP contribution in [0.15, 0.2) is 18.2 Å². The molecule has 2 fully saturated rings. The van der Waals surface area contributed by atoms with Gasteiger partial charge in [-0.25, -0.2) is 9.18 Å². The Morgan fingerprint density at radius 1 is 1.37 bits per heavy atom. The lowest BCUT2D eigenvalue weighted by Gasteiger charge is -2.46. The number of primary amides is 1. The van der Waals surface area contributed by atoms with Crippen LogP contribution in [0.3, 0.4) is 0 Å². The number of hydrogen-bond donors (Lipinski definition) is 1. The maximum atomic E-state index is 13.8. The number of nitrogens with two attached hydrogens (primary N) is 1. The highest BCUT2D eigenvalue weighted by Gasteiger charge is 2.66. The van der Waals surface area contributed by atoms with E-state index in [0.29, 0.717) is 24.8 Å². The Morgan fingerprint density at radius 2 is 2.04 bits per heavy atom. The molecule has 8 heteroatoms. The maximum Gasteiger partial charge on any atom is 0.419 e. The van der Waals surface area contributed by atoms with Gasteiger partial charge in [0, 0.05) is 5.41 Å². The first-order valence-electron chi connectivity index (χ1n) is 9.13. The third-order valence-corrected chi connectivity index (χ3v) is 6.25. The number of ether oxygens (including phenoxy) is 1. The Labute approximate surface area is 155 Å². The molecule has 150 valence electrons. The minimum atomic E-state index is -4.79. The molecule has 1 saturated carbocycles. The van der Waals surface area contributed by atoms with Crippen molar-refractivity contribution in [3.05, 3.63) is 35.1 Å². The number of benzene rings is 1. The summed E-state index contributed by atoms with van der Waals surface area (Å²) < 4.78 is 59.2. The zero-order valence-corrected chi connectivity index (χ0v) is 15.4. The summed E-state index contributed by atoms with van der Waals surface area (Å²) in [5.74, 6) is -1.31. The fourth-order valence-electron chi connectivity index (χ4n) is 4.93. The zero-order chi connectivity index (χ0) is 20.0. The van der Waals surface area contributed by atoms with Gasteiger partial charge in [0.15, 0.2) is 0 Å². The van der Waals surface area contributed by atoms with E-state index in [4.69, 9.17) is 10.5 Å². The largest absolute Gasteiger partial charge is 0.440 e. The van der Waals surface area contributed by atoms with Gasteiger partial charge in [0.05, 0.1) is 11.6 Å². The number of halogens is 4. The summed E-state index contributed by atoms with van der Waals surface area (Å²) in [7, 11) is 1.91. The van der Waals surface area contributed by atoms with Crippen LogP contribution < -0.4 is 5.73 Å². The zero-order valence-electron chi connectivity index (χ0n) is 15.4.